The fourth-order valence-corrected chi connectivity index (χ4v) is 11.4. The van der Waals surface area contributed by atoms with Gasteiger partial charge in [0.1, 0.15) is 0 Å². The maximum absolute atomic E-state index is 11.1. The maximum Gasteiger partial charge on any atom is 0.0648 e. The smallest absolute Gasteiger partial charge is 0.0648 e. The molecule has 9 unspecified atom stereocenters. The van der Waals surface area contributed by atoms with E-state index in [2.05, 4.69) is 55.0 Å². The summed E-state index contributed by atoms with van der Waals surface area (Å²) in [7, 11) is 0. The molecule has 5 aliphatic carbocycles. The predicted octanol–water partition coefficient (Wildman–Crippen LogP) is 9.05. The normalized spacial score (nSPS) is 52.6. The first-order valence-corrected chi connectivity index (χ1v) is 15.6. The molecule has 0 bridgehead atoms. The zero-order valence-electron chi connectivity index (χ0n) is 25.8. The van der Waals surface area contributed by atoms with Crippen molar-refractivity contribution in [3.8, 4) is 0 Å². The van der Waals surface area contributed by atoms with Crippen molar-refractivity contribution in [1.82, 2.24) is 0 Å². The van der Waals surface area contributed by atoms with E-state index in [1.54, 1.807) is 6.08 Å². The van der Waals surface area contributed by atoms with E-state index < -0.39 is 5.60 Å². The van der Waals surface area contributed by atoms with Gasteiger partial charge < -0.3 is 10.2 Å². The van der Waals surface area contributed by atoms with Crippen molar-refractivity contribution in [2.45, 2.75) is 139 Å². The van der Waals surface area contributed by atoms with Crippen molar-refractivity contribution in [2.24, 2.45) is 56.7 Å². The van der Waals surface area contributed by atoms with Crippen LogP contribution in [0.1, 0.15) is 133 Å². The molecular weight excluding hydrogens is 440 g/mol. The van der Waals surface area contributed by atoms with E-state index in [4.69, 9.17) is 0 Å². The van der Waals surface area contributed by atoms with Gasteiger partial charge in [-0.25, -0.2) is 0 Å². The lowest BCUT2D eigenvalue weighted by molar-refractivity contribution is -0.243. The predicted molar refractivity (Wildman–Crippen MR) is 155 cm³/mol. The van der Waals surface area contributed by atoms with E-state index in [9.17, 15) is 10.2 Å². The van der Waals surface area contributed by atoms with Crippen LogP contribution in [0.3, 0.4) is 0 Å². The van der Waals surface area contributed by atoms with Crippen LogP contribution in [-0.2, 0) is 0 Å². The highest BCUT2D eigenvalue weighted by Crippen LogP contribution is 2.77. The average Bonchev–Trinajstić information content (AvgIpc) is 3.10. The molecule has 5 aliphatic rings. The van der Waals surface area contributed by atoms with Gasteiger partial charge in [-0.2, -0.15) is 0 Å². The molecule has 36 heavy (non-hydrogen) atoms. The number of aliphatic hydroxyl groups excluding tert-OH is 1. The molecule has 0 amide bonds. The first-order chi connectivity index (χ1) is 16.7. The van der Waals surface area contributed by atoms with Crippen LogP contribution in [-0.4, -0.2) is 22.4 Å². The molecule has 2 heteroatoms. The van der Waals surface area contributed by atoms with Gasteiger partial charge >= 0.3 is 0 Å². The van der Waals surface area contributed by atoms with Crippen molar-refractivity contribution in [3.05, 3.63) is 12.7 Å². The molecule has 5 saturated carbocycles. The zero-order valence-corrected chi connectivity index (χ0v) is 25.8. The van der Waals surface area contributed by atoms with E-state index in [1.807, 2.05) is 20.8 Å². The fourth-order valence-electron chi connectivity index (χ4n) is 11.4. The summed E-state index contributed by atoms with van der Waals surface area (Å²) in [6, 6.07) is 0. The van der Waals surface area contributed by atoms with E-state index in [0.29, 0.717) is 46.0 Å². The third-order valence-electron chi connectivity index (χ3n) is 13.4. The standard InChI is InChI=1S/C29H50O2.C3H6.C2H6/c1-19-20-10-11-27(6)23(25(20,4)12-14-28(19,7)31)9-8-21-22-16-24(2,3)17-29(22,18-30)15-13-26(21,27)5;1-3-2;1-2/h19-23,30-31H,8-18H2,1-7H3;3H,1H2,2H3;1-2H3/t19?,20?,21?,22?,23?,25?,26-,27?,28?,29?;;/m1../s1. The highest BCUT2D eigenvalue weighted by molar-refractivity contribution is 5.19. The first kappa shape index (κ1) is 30.2. The van der Waals surface area contributed by atoms with Crippen LogP contribution in [0.25, 0.3) is 0 Å². The van der Waals surface area contributed by atoms with Crippen molar-refractivity contribution >= 4 is 0 Å². The Hall–Kier alpha value is -0.340. The van der Waals surface area contributed by atoms with E-state index in [1.165, 1.54) is 57.8 Å². The molecule has 5 rings (SSSR count). The van der Waals surface area contributed by atoms with Crippen LogP contribution in [0.2, 0.25) is 0 Å². The SMILES string of the molecule is C=CC.CC.CC1C2CCC3(C)C(CCC4C5CC(C)(C)CC5(CO)CC[C@]43C)C2(C)CCC1(C)O. The third kappa shape index (κ3) is 4.27. The Morgan fingerprint density at radius 2 is 1.42 bits per heavy atom. The van der Waals surface area contributed by atoms with Crippen LogP contribution in [0, 0.1) is 56.7 Å². The molecular formula is C34H62O2. The Balaban J connectivity index is 0.000000674. The van der Waals surface area contributed by atoms with Gasteiger partial charge in [-0.3, -0.25) is 0 Å². The van der Waals surface area contributed by atoms with Crippen LogP contribution in [0.4, 0.5) is 0 Å². The fraction of sp³-hybridized carbons (Fsp3) is 0.941. The molecule has 0 spiro atoms. The van der Waals surface area contributed by atoms with Gasteiger partial charge in [-0.15, -0.1) is 6.58 Å². The lowest BCUT2D eigenvalue weighted by Gasteiger charge is -2.72. The summed E-state index contributed by atoms with van der Waals surface area (Å²) in [4.78, 5) is 0. The molecule has 0 aromatic rings. The maximum atomic E-state index is 11.1. The second kappa shape index (κ2) is 10.0. The van der Waals surface area contributed by atoms with Gasteiger partial charge in [0.15, 0.2) is 0 Å². The van der Waals surface area contributed by atoms with E-state index in [0.717, 1.165) is 18.3 Å². The zero-order chi connectivity index (χ0) is 27.4. The molecule has 0 saturated heterocycles. The number of hydrogen-bond acceptors (Lipinski definition) is 2. The van der Waals surface area contributed by atoms with Gasteiger partial charge in [-0.1, -0.05) is 61.5 Å². The summed E-state index contributed by atoms with van der Waals surface area (Å²) in [6.45, 7) is 27.0. The highest BCUT2D eigenvalue weighted by atomic mass is 16.3. The summed E-state index contributed by atoms with van der Waals surface area (Å²) in [5, 5.41) is 21.7. The minimum atomic E-state index is -0.486. The molecule has 0 aliphatic heterocycles. The Kier molecular flexibility index (Phi) is 8.39. The van der Waals surface area contributed by atoms with Crippen LogP contribution < -0.4 is 0 Å². The minimum Gasteiger partial charge on any atom is -0.396 e. The molecule has 2 N–H and O–H groups in total. The number of allylic oxidation sites excluding steroid dienone is 1. The third-order valence-corrected chi connectivity index (χ3v) is 13.4. The summed E-state index contributed by atoms with van der Waals surface area (Å²) in [6.07, 6.45) is 14.4. The number of fused-ring (bicyclic) bond motifs is 7. The van der Waals surface area contributed by atoms with Crippen LogP contribution >= 0.6 is 0 Å². The van der Waals surface area contributed by atoms with Gasteiger partial charge in [-0.05, 0) is 135 Å². The molecule has 5 fully saturated rings. The Morgan fingerprint density at radius 3 is 2.00 bits per heavy atom. The summed E-state index contributed by atoms with van der Waals surface area (Å²) >= 11 is 0. The molecule has 0 aromatic carbocycles. The summed E-state index contributed by atoms with van der Waals surface area (Å²) in [5.41, 5.74) is 1.26. The minimum absolute atomic E-state index is 0.191. The lowest BCUT2D eigenvalue weighted by atomic mass is 9.33. The van der Waals surface area contributed by atoms with Gasteiger partial charge in [0.25, 0.3) is 0 Å². The van der Waals surface area contributed by atoms with Crippen molar-refractivity contribution < 1.29 is 10.2 Å². The van der Waals surface area contributed by atoms with Gasteiger partial charge in [0.05, 0.1) is 5.60 Å². The van der Waals surface area contributed by atoms with Gasteiger partial charge in [0.2, 0.25) is 0 Å². The average molecular weight is 503 g/mol. The molecule has 210 valence electrons. The lowest BCUT2D eigenvalue weighted by Crippen LogP contribution is -2.66. The van der Waals surface area contributed by atoms with Gasteiger partial charge in [0, 0.05) is 6.61 Å². The second-order valence-corrected chi connectivity index (χ2v) is 15.4. The first-order valence-electron chi connectivity index (χ1n) is 15.6. The summed E-state index contributed by atoms with van der Waals surface area (Å²) in [5.74, 6) is 3.35. The number of hydrogen-bond donors (Lipinski definition) is 2. The second-order valence-electron chi connectivity index (χ2n) is 15.4. The monoisotopic (exact) mass is 502 g/mol. The highest BCUT2D eigenvalue weighted by Gasteiger charge is 2.70. The van der Waals surface area contributed by atoms with E-state index >= 15 is 0 Å². The van der Waals surface area contributed by atoms with Crippen molar-refractivity contribution in [1.29, 1.82) is 0 Å². The Labute approximate surface area is 225 Å². The summed E-state index contributed by atoms with van der Waals surface area (Å²) < 4.78 is 0. The largest absolute Gasteiger partial charge is 0.396 e. The molecule has 2 nitrogen and oxygen atoms in total. The Morgan fingerprint density at radius 1 is 0.806 bits per heavy atom. The number of aliphatic hydroxyl groups is 2. The van der Waals surface area contributed by atoms with E-state index in [-0.39, 0.29) is 5.41 Å². The molecule has 0 radical (unpaired) electrons. The van der Waals surface area contributed by atoms with Crippen molar-refractivity contribution in [2.75, 3.05) is 6.61 Å². The number of rotatable bonds is 1. The van der Waals surface area contributed by atoms with Crippen LogP contribution in [0.15, 0.2) is 12.7 Å². The van der Waals surface area contributed by atoms with Crippen LogP contribution in [0.5, 0.6) is 0 Å². The van der Waals surface area contributed by atoms with Crippen molar-refractivity contribution in [3.63, 3.8) is 0 Å². The Bertz CT molecular complexity index is 784. The molecule has 10 atom stereocenters. The topological polar surface area (TPSA) is 40.5 Å². The quantitative estimate of drug-likeness (QED) is 0.351. The molecule has 0 heterocycles. The molecule has 0 aromatic heterocycles.